The summed E-state index contributed by atoms with van der Waals surface area (Å²) < 4.78 is 16.4. The van der Waals surface area contributed by atoms with Gasteiger partial charge < -0.3 is 19.2 Å². The molecule has 0 saturated carbocycles. The summed E-state index contributed by atoms with van der Waals surface area (Å²) in [7, 11) is 1.62. The molecule has 1 heterocycles. The van der Waals surface area contributed by atoms with Gasteiger partial charge in [0.15, 0.2) is 11.7 Å². The van der Waals surface area contributed by atoms with Crippen molar-refractivity contribution in [1.82, 2.24) is 4.98 Å². The SMILES string of the molecule is CCOc1ccccc1NC(=O)CCc1ncc(-c2ccc(OC)cc2)o1. The fourth-order valence-corrected chi connectivity index (χ4v) is 2.60. The molecule has 2 aromatic carbocycles. The molecule has 3 aromatic rings. The quantitative estimate of drug-likeness (QED) is 0.643. The molecule has 27 heavy (non-hydrogen) atoms. The zero-order chi connectivity index (χ0) is 19.1. The molecular weight excluding hydrogens is 344 g/mol. The van der Waals surface area contributed by atoms with E-state index < -0.39 is 0 Å². The number of aryl methyl sites for hydroxylation is 1. The predicted molar refractivity (Wildman–Crippen MR) is 103 cm³/mol. The van der Waals surface area contributed by atoms with Crippen LogP contribution in [0.3, 0.4) is 0 Å². The first-order valence-corrected chi connectivity index (χ1v) is 8.80. The number of aromatic nitrogens is 1. The van der Waals surface area contributed by atoms with Crippen LogP contribution >= 0.6 is 0 Å². The number of nitrogens with one attached hydrogen (secondary N) is 1. The summed E-state index contributed by atoms with van der Waals surface area (Å²) in [5, 5.41) is 2.87. The summed E-state index contributed by atoms with van der Waals surface area (Å²) in [6.07, 6.45) is 2.35. The van der Waals surface area contributed by atoms with Crippen molar-refractivity contribution < 1.29 is 18.7 Å². The number of para-hydroxylation sites is 2. The molecule has 0 unspecified atom stereocenters. The number of amides is 1. The van der Waals surface area contributed by atoms with Gasteiger partial charge in [-0.1, -0.05) is 12.1 Å². The van der Waals surface area contributed by atoms with Crippen LogP contribution in [0.25, 0.3) is 11.3 Å². The number of carbonyl (C=O) groups excluding carboxylic acids is 1. The molecule has 0 aliphatic heterocycles. The number of rotatable bonds is 8. The molecule has 0 atom stereocenters. The van der Waals surface area contributed by atoms with E-state index in [9.17, 15) is 4.79 Å². The van der Waals surface area contributed by atoms with Crippen molar-refractivity contribution in [1.29, 1.82) is 0 Å². The topological polar surface area (TPSA) is 73.6 Å². The second-order valence-electron chi connectivity index (χ2n) is 5.82. The summed E-state index contributed by atoms with van der Waals surface area (Å²) >= 11 is 0. The Labute approximate surface area is 158 Å². The van der Waals surface area contributed by atoms with Gasteiger partial charge in [0.05, 0.1) is 25.6 Å². The van der Waals surface area contributed by atoms with Gasteiger partial charge in [-0.15, -0.1) is 0 Å². The van der Waals surface area contributed by atoms with Crippen molar-refractivity contribution in [3.63, 3.8) is 0 Å². The van der Waals surface area contributed by atoms with Gasteiger partial charge in [0.1, 0.15) is 11.5 Å². The molecule has 0 aliphatic rings. The Morgan fingerprint density at radius 1 is 1.15 bits per heavy atom. The molecular formula is C21H22N2O4. The molecule has 1 aromatic heterocycles. The average molecular weight is 366 g/mol. The van der Waals surface area contributed by atoms with Crippen LogP contribution in [0.4, 0.5) is 5.69 Å². The number of hydrogen-bond acceptors (Lipinski definition) is 5. The lowest BCUT2D eigenvalue weighted by Gasteiger charge is -2.10. The number of oxazole rings is 1. The number of nitrogens with zero attached hydrogens (tertiary/aromatic N) is 1. The van der Waals surface area contributed by atoms with Crippen LogP contribution in [0.15, 0.2) is 59.1 Å². The van der Waals surface area contributed by atoms with Gasteiger partial charge in [0.2, 0.25) is 5.91 Å². The smallest absolute Gasteiger partial charge is 0.224 e. The lowest BCUT2D eigenvalue weighted by atomic mass is 10.2. The lowest BCUT2D eigenvalue weighted by Crippen LogP contribution is -2.13. The van der Waals surface area contributed by atoms with Crippen LogP contribution in [0.5, 0.6) is 11.5 Å². The maximum Gasteiger partial charge on any atom is 0.224 e. The predicted octanol–water partition coefficient (Wildman–Crippen LogP) is 4.32. The first-order valence-electron chi connectivity index (χ1n) is 8.80. The van der Waals surface area contributed by atoms with E-state index >= 15 is 0 Å². The Hall–Kier alpha value is -3.28. The minimum atomic E-state index is -0.119. The van der Waals surface area contributed by atoms with E-state index in [0.717, 1.165) is 11.3 Å². The first kappa shape index (κ1) is 18.5. The zero-order valence-electron chi connectivity index (χ0n) is 15.4. The average Bonchev–Trinajstić information content (AvgIpc) is 3.17. The number of carbonyl (C=O) groups is 1. The number of ether oxygens (including phenoxy) is 2. The van der Waals surface area contributed by atoms with Gasteiger partial charge >= 0.3 is 0 Å². The Kier molecular flexibility index (Phi) is 6.10. The van der Waals surface area contributed by atoms with E-state index in [-0.39, 0.29) is 12.3 Å². The number of hydrogen-bond donors (Lipinski definition) is 1. The Balaban J connectivity index is 1.57. The summed E-state index contributed by atoms with van der Waals surface area (Å²) in [5.74, 6) is 2.50. The third kappa shape index (κ3) is 4.88. The molecule has 0 bridgehead atoms. The van der Waals surface area contributed by atoms with E-state index in [0.29, 0.717) is 36.1 Å². The minimum Gasteiger partial charge on any atom is -0.497 e. The molecule has 0 spiro atoms. The maximum absolute atomic E-state index is 12.2. The first-order chi connectivity index (χ1) is 13.2. The lowest BCUT2D eigenvalue weighted by molar-refractivity contribution is -0.116. The Morgan fingerprint density at radius 3 is 2.67 bits per heavy atom. The monoisotopic (exact) mass is 366 g/mol. The van der Waals surface area contributed by atoms with Crippen molar-refractivity contribution in [2.45, 2.75) is 19.8 Å². The summed E-state index contributed by atoms with van der Waals surface area (Å²) in [5.41, 5.74) is 1.57. The van der Waals surface area contributed by atoms with Crippen molar-refractivity contribution >= 4 is 11.6 Å². The molecule has 6 nitrogen and oxygen atoms in total. The van der Waals surface area contributed by atoms with Gasteiger partial charge in [0.25, 0.3) is 0 Å². The summed E-state index contributed by atoms with van der Waals surface area (Å²) in [4.78, 5) is 16.5. The van der Waals surface area contributed by atoms with Gasteiger partial charge in [-0.25, -0.2) is 4.98 Å². The molecule has 0 aliphatic carbocycles. The van der Waals surface area contributed by atoms with Crippen LogP contribution in [0, 0.1) is 0 Å². The van der Waals surface area contributed by atoms with Crippen LogP contribution in [-0.2, 0) is 11.2 Å². The van der Waals surface area contributed by atoms with E-state index in [1.54, 1.807) is 13.3 Å². The highest BCUT2D eigenvalue weighted by Crippen LogP contribution is 2.25. The van der Waals surface area contributed by atoms with Crippen molar-refractivity contribution in [3.8, 4) is 22.8 Å². The number of methoxy groups -OCH3 is 1. The normalized spacial score (nSPS) is 10.4. The molecule has 140 valence electrons. The van der Waals surface area contributed by atoms with Crippen LogP contribution in [-0.4, -0.2) is 24.6 Å². The molecule has 1 N–H and O–H groups in total. The van der Waals surface area contributed by atoms with Gasteiger partial charge in [-0.3, -0.25) is 4.79 Å². The van der Waals surface area contributed by atoms with Crippen LogP contribution in [0.2, 0.25) is 0 Å². The largest absolute Gasteiger partial charge is 0.497 e. The molecule has 1 amide bonds. The Morgan fingerprint density at radius 2 is 1.93 bits per heavy atom. The summed E-state index contributed by atoms with van der Waals surface area (Å²) in [6, 6.07) is 14.9. The third-order valence-electron chi connectivity index (χ3n) is 3.96. The van der Waals surface area contributed by atoms with E-state index in [1.165, 1.54) is 0 Å². The molecule has 0 radical (unpaired) electrons. The molecule has 0 fully saturated rings. The van der Waals surface area contributed by atoms with Crippen molar-refractivity contribution in [2.24, 2.45) is 0 Å². The van der Waals surface area contributed by atoms with Crippen LogP contribution in [0.1, 0.15) is 19.2 Å². The molecule has 6 heteroatoms. The molecule has 0 saturated heterocycles. The fourth-order valence-electron chi connectivity index (χ4n) is 2.60. The highest BCUT2D eigenvalue weighted by atomic mass is 16.5. The highest BCUT2D eigenvalue weighted by Gasteiger charge is 2.11. The minimum absolute atomic E-state index is 0.119. The standard InChI is InChI=1S/C21H22N2O4/c1-3-26-18-7-5-4-6-17(18)23-20(24)12-13-21-22-14-19(27-21)15-8-10-16(25-2)11-9-15/h4-11,14H,3,12-13H2,1-2H3,(H,23,24). The second-order valence-corrected chi connectivity index (χ2v) is 5.82. The molecule has 3 rings (SSSR count). The highest BCUT2D eigenvalue weighted by molar-refractivity contribution is 5.92. The van der Waals surface area contributed by atoms with Crippen molar-refractivity contribution in [3.05, 3.63) is 60.6 Å². The zero-order valence-corrected chi connectivity index (χ0v) is 15.4. The third-order valence-corrected chi connectivity index (χ3v) is 3.96. The van der Waals surface area contributed by atoms with Crippen LogP contribution < -0.4 is 14.8 Å². The second kappa shape index (κ2) is 8.89. The van der Waals surface area contributed by atoms with E-state index in [4.69, 9.17) is 13.9 Å². The number of benzene rings is 2. The number of anilines is 1. The van der Waals surface area contributed by atoms with E-state index in [2.05, 4.69) is 10.3 Å². The van der Waals surface area contributed by atoms with E-state index in [1.807, 2.05) is 55.5 Å². The van der Waals surface area contributed by atoms with Gasteiger partial charge in [-0.2, -0.15) is 0 Å². The van der Waals surface area contributed by atoms with Crippen molar-refractivity contribution in [2.75, 3.05) is 19.0 Å². The van der Waals surface area contributed by atoms with Gasteiger partial charge in [0, 0.05) is 18.4 Å². The summed E-state index contributed by atoms with van der Waals surface area (Å²) in [6.45, 7) is 2.44. The van der Waals surface area contributed by atoms with Gasteiger partial charge in [-0.05, 0) is 43.3 Å². The Bertz CT molecular complexity index is 887. The fraction of sp³-hybridized carbons (Fsp3) is 0.238. The maximum atomic E-state index is 12.2.